The van der Waals surface area contributed by atoms with Crippen molar-refractivity contribution in [1.29, 1.82) is 0 Å². The lowest BCUT2D eigenvalue weighted by molar-refractivity contribution is -0.122. The Bertz CT molecular complexity index is 999. The molecule has 0 aliphatic carbocycles. The van der Waals surface area contributed by atoms with E-state index >= 15 is 0 Å². The van der Waals surface area contributed by atoms with Gasteiger partial charge in [0.2, 0.25) is 15.9 Å². The van der Waals surface area contributed by atoms with Gasteiger partial charge in [0.25, 0.3) is 0 Å². The van der Waals surface area contributed by atoms with E-state index in [2.05, 4.69) is 11.4 Å². The number of carbonyl (C=O) groups excluding carboxylic acids is 1. The molecule has 0 saturated heterocycles. The summed E-state index contributed by atoms with van der Waals surface area (Å²) in [5.41, 5.74) is 5.59. The van der Waals surface area contributed by atoms with Gasteiger partial charge in [-0.3, -0.25) is 9.10 Å². The zero-order valence-corrected chi connectivity index (χ0v) is 19.2. The number of hydrogen-bond donors (Lipinski definition) is 1. The molecule has 2 rings (SSSR count). The third-order valence-corrected chi connectivity index (χ3v) is 6.35. The fraction of sp³-hybridized carbons (Fsp3) is 0.435. The van der Waals surface area contributed by atoms with E-state index in [9.17, 15) is 13.2 Å². The molecule has 2 atom stereocenters. The number of aryl methyl sites for hydroxylation is 4. The fourth-order valence-corrected chi connectivity index (χ4v) is 4.95. The highest BCUT2D eigenvalue weighted by molar-refractivity contribution is 7.92. The summed E-state index contributed by atoms with van der Waals surface area (Å²) in [6.45, 7) is 11.6. The molecule has 0 aromatic heterocycles. The van der Waals surface area contributed by atoms with Gasteiger partial charge in [-0.25, -0.2) is 8.42 Å². The molecule has 0 spiro atoms. The number of carbonyl (C=O) groups is 1. The van der Waals surface area contributed by atoms with Crippen molar-refractivity contribution in [3.63, 3.8) is 0 Å². The number of benzene rings is 2. The number of sulfonamides is 1. The zero-order valence-electron chi connectivity index (χ0n) is 18.4. The van der Waals surface area contributed by atoms with Crippen LogP contribution in [0, 0.1) is 27.7 Å². The molecule has 29 heavy (non-hydrogen) atoms. The Balaban J connectivity index is 2.39. The minimum absolute atomic E-state index is 0.225. The predicted octanol–water partition coefficient (Wildman–Crippen LogP) is 4.34. The average molecular weight is 417 g/mol. The molecule has 0 aliphatic rings. The van der Waals surface area contributed by atoms with Crippen LogP contribution in [-0.4, -0.2) is 26.6 Å². The Hall–Kier alpha value is -2.34. The molecule has 5 nitrogen and oxygen atoms in total. The van der Waals surface area contributed by atoms with Gasteiger partial charge in [0.05, 0.1) is 18.0 Å². The number of amides is 1. The van der Waals surface area contributed by atoms with Crippen molar-refractivity contribution in [2.45, 2.75) is 60.0 Å². The summed E-state index contributed by atoms with van der Waals surface area (Å²) < 4.78 is 26.7. The van der Waals surface area contributed by atoms with Crippen LogP contribution < -0.4 is 9.62 Å². The molecule has 1 amide bonds. The molecule has 1 N–H and O–H groups in total. The molecule has 2 aromatic carbocycles. The van der Waals surface area contributed by atoms with Crippen LogP contribution in [0.2, 0.25) is 0 Å². The van der Waals surface area contributed by atoms with Gasteiger partial charge in [-0.1, -0.05) is 42.8 Å². The lowest BCUT2D eigenvalue weighted by Crippen LogP contribution is -2.50. The van der Waals surface area contributed by atoms with Crippen LogP contribution in [-0.2, 0) is 14.8 Å². The van der Waals surface area contributed by atoms with Gasteiger partial charge < -0.3 is 5.32 Å². The first kappa shape index (κ1) is 22.9. The highest BCUT2D eigenvalue weighted by atomic mass is 32.2. The first-order valence-electron chi connectivity index (χ1n) is 9.89. The van der Waals surface area contributed by atoms with E-state index < -0.39 is 16.1 Å². The smallest absolute Gasteiger partial charge is 0.244 e. The maximum Gasteiger partial charge on any atom is 0.244 e. The number of hydrogen-bond acceptors (Lipinski definition) is 3. The van der Waals surface area contributed by atoms with Gasteiger partial charge in [-0.05, 0) is 69.4 Å². The lowest BCUT2D eigenvalue weighted by atomic mass is 10.00. The summed E-state index contributed by atoms with van der Waals surface area (Å²) in [6, 6.07) is 10.7. The molecule has 0 aliphatic heterocycles. The van der Waals surface area contributed by atoms with Crippen molar-refractivity contribution >= 4 is 21.6 Å². The number of rotatable bonds is 7. The van der Waals surface area contributed by atoms with E-state index in [4.69, 9.17) is 0 Å². The molecule has 0 unspecified atom stereocenters. The summed E-state index contributed by atoms with van der Waals surface area (Å²) in [5.74, 6) is -0.300. The monoisotopic (exact) mass is 416 g/mol. The van der Waals surface area contributed by atoms with Gasteiger partial charge in [0, 0.05) is 0 Å². The molecule has 2 aromatic rings. The summed E-state index contributed by atoms with van der Waals surface area (Å²) in [6.07, 6.45) is 1.52. The largest absolute Gasteiger partial charge is 0.348 e. The van der Waals surface area contributed by atoms with Crippen LogP contribution in [0.4, 0.5) is 5.69 Å². The summed E-state index contributed by atoms with van der Waals surface area (Å²) in [7, 11) is -3.66. The Morgan fingerprint density at radius 2 is 1.59 bits per heavy atom. The van der Waals surface area contributed by atoms with E-state index in [0.29, 0.717) is 12.1 Å². The number of nitrogens with zero attached hydrogens (tertiary/aromatic N) is 1. The van der Waals surface area contributed by atoms with Crippen LogP contribution in [0.5, 0.6) is 0 Å². The van der Waals surface area contributed by atoms with E-state index in [1.807, 2.05) is 71.9 Å². The highest BCUT2D eigenvalue weighted by Crippen LogP contribution is 2.28. The van der Waals surface area contributed by atoms with Gasteiger partial charge in [-0.15, -0.1) is 0 Å². The first-order valence-corrected chi connectivity index (χ1v) is 11.7. The predicted molar refractivity (Wildman–Crippen MR) is 120 cm³/mol. The van der Waals surface area contributed by atoms with Gasteiger partial charge >= 0.3 is 0 Å². The Morgan fingerprint density at radius 3 is 2.14 bits per heavy atom. The average Bonchev–Trinajstić information content (AvgIpc) is 2.60. The van der Waals surface area contributed by atoms with E-state index in [1.165, 1.54) is 4.31 Å². The van der Waals surface area contributed by atoms with Crippen LogP contribution in [0.1, 0.15) is 54.1 Å². The maximum atomic E-state index is 13.2. The van der Waals surface area contributed by atoms with E-state index in [1.54, 1.807) is 0 Å². The maximum absolute atomic E-state index is 13.2. The van der Waals surface area contributed by atoms with Crippen molar-refractivity contribution in [1.82, 2.24) is 5.32 Å². The minimum atomic E-state index is -3.66. The minimum Gasteiger partial charge on any atom is -0.348 e. The van der Waals surface area contributed by atoms with Crippen molar-refractivity contribution in [2.24, 2.45) is 0 Å². The number of nitrogens with one attached hydrogen (secondary N) is 1. The van der Waals surface area contributed by atoms with Crippen LogP contribution in [0.15, 0.2) is 36.4 Å². The summed E-state index contributed by atoms with van der Waals surface area (Å²) >= 11 is 0. The van der Waals surface area contributed by atoms with Gasteiger partial charge in [0.15, 0.2) is 0 Å². The molecule has 0 saturated carbocycles. The third-order valence-electron chi connectivity index (χ3n) is 5.18. The van der Waals surface area contributed by atoms with Crippen molar-refractivity contribution < 1.29 is 13.2 Å². The zero-order chi connectivity index (χ0) is 21.9. The molecular formula is C23H32N2O3S. The normalized spacial score (nSPS) is 13.6. The second-order valence-corrected chi connectivity index (χ2v) is 9.72. The molecular weight excluding hydrogens is 384 g/mol. The molecule has 158 valence electrons. The van der Waals surface area contributed by atoms with Gasteiger partial charge in [-0.2, -0.15) is 0 Å². The molecule has 0 bridgehead atoms. The second-order valence-electron chi connectivity index (χ2n) is 7.86. The van der Waals surface area contributed by atoms with Crippen molar-refractivity contribution in [3.8, 4) is 0 Å². The molecule has 0 radical (unpaired) electrons. The van der Waals surface area contributed by atoms with Crippen molar-refractivity contribution in [2.75, 3.05) is 10.6 Å². The molecule has 0 fully saturated rings. The Morgan fingerprint density at radius 1 is 1.00 bits per heavy atom. The van der Waals surface area contributed by atoms with Gasteiger partial charge in [0.1, 0.15) is 6.04 Å². The van der Waals surface area contributed by atoms with E-state index in [0.717, 1.165) is 34.1 Å². The van der Waals surface area contributed by atoms with Crippen LogP contribution in [0.3, 0.4) is 0 Å². The topological polar surface area (TPSA) is 66.5 Å². The summed E-state index contributed by atoms with van der Waals surface area (Å²) in [4.78, 5) is 13.2. The standard InChI is InChI=1S/C23H32N2O3S/c1-8-21(23(26)24-19(6)20-12-10-15(2)13-18(20)5)25(29(7,27)28)22-14-16(3)9-11-17(22)4/h9-14,19,21H,8H2,1-7H3,(H,24,26)/t19-,21+/m1/s1. The second kappa shape index (κ2) is 8.99. The Kier molecular flexibility index (Phi) is 7.11. The number of anilines is 1. The quantitative estimate of drug-likeness (QED) is 0.730. The van der Waals surface area contributed by atoms with Crippen molar-refractivity contribution in [3.05, 3.63) is 64.2 Å². The lowest BCUT2D eigenvalue weighted by Gasteiger charge is -2.32. The fourth-order valence-electron chi connectivity index (χ4n) is 3.69. The molecule has 0 heterocycles. The third kappa shape index (κ3) is 5.38. The first-order chi connectivity index (χ1) is 13.5. The Labute approximate surface area is 175 Å². The van der Waals surface area contributed by atoms with E-state index in [-0.39, 0.29) is 11.9 Å². The van der Waals surface area contributed by atoms with Crippen LogP contribution in [0.25, 0.3) is 0 Å². The SMILES string of the molecule is CC[C@@H](C(=O)N[C@H](C)c1ccc(C)cc1C)N(c1cc(C)ccc1C)S(C)(=O)=O. The molecule has 6 heteroatoms. The highest BCUT2D eigenvalue weighted by Gasteiger charge is 2.33. The van der Waals surface area contributed by atoms with Crippen LogP contribution >= 0.6 is 0 Å². The summed E-state index contributed by atoms with van der Waals surface area (Å²) in [5, 5.41) is 3.02.